The summed E-state index contributed by atoms with van der Waals surface area (Å²) in [6, 6.07) is 10.3. The molecule has 2 aromatic carbocycles. The van der Waals surface area contributed by atoms with Crippen molar-refractivity contribution >= 4 is 17.5 Å². The summed E-state index contributed by atoms with van der Waals surface area (Å²) < 4.78 is 13.3. The summed E-state index contributed by atoms with van der Waals surface area (Å²) in [5, 5.41) is 21.6. The van der Waals surface area contributed by atoms with Crippen molar-refractivity contribution in [2.75, 3.05) is 6.54 Å². The number of carbonyl (C=O) groups excluding carboxylic acids is 1. The smallest absolute Gasteiger partial charge is 0.224 e. The van der Waals surface area contributed by atoms with Gasteiger partial charge in [-0.25, -0.2) is 4.39 Å². The van der Waals surface area contributed by atoms with Gasteiger partial charge in [-0.3, -0.25) is 4.79 Å². The molecular formula is C16H15ClFNO3. The molecule has 0 bridgehead atoms. The summed E-state index contributed by atoms with van der Waals surface area (Å²) in [6.45, 7) is -0.0298. The van der Waals surface area contributed by atoms with E-state index in [1.54, 1.807) is 12.1 Å². The van der Waals surface area contributed by atoms with Crippen LogP contribution in [0.3, 0.4) is 0 Å². The highest BCUT2D eigenvalue weighted by Crippen LogP contribution is 2.20. The number of rotatable bonds is 5. The monoisotopic (exact) mass is 323 g/mol. The number of benzene rings is 2. The molecule has 2 aromatic rings. The molecule has 0 aliphatic carbocycles. The Morgan fingerprint density at radius 1 is 1.23 bits per heavy atom. The molecule has 0 spiro atoms. The van der Waals surface area contributed by atoms with E-state index in [-0.39, 0.29) is 29.6 Å². The van der Waals surface area contributed by atoms with E-state index in [9.17, 15) is 14.3 Å². The first-order chi connectivity index (χ1) is 10.5. The van der Waals surface area contributed by atoms with Crippen LogP contribution in [0.25, 0.3) is 0 Å². The van der Waals surface area contributed by atoms with Gasteiger partial charge in [-0.2, -0.15) is 0 Å². The summed E-state index contributed by atoms with van der Waals surface area (Å²) >= 11 is 5.57. The second-order valence-electron chi connectivity index (χ2n) is 4.84. The molecule has 2 rings (SSSR count). The van der Waals surface area contributed by atoms with Crippen LogP contribution in [0, 0.1) is 5.82 Å². The Balaban J connectivity index is 1.87. The molecule has 0 saturated carbocycles. The summed E-state index contributed by atoms with van der Waals surface area (Å²) in [7, 11) is 0. The molecule has 0 aromatic heterocycles. The minimum Gasteiger partial charge on any atom is -0.508 e. The fraction of sp³-hybridized carbons (Fsp3) is 0.188. The first kappa shape index (κ1) is 16.3. The van der Waals surface area contributed by atoms with Crippen molar-refractivity contribution in [1.82, 2.24) is 5.32 Å². The zero-order valence-electron chi connectivity index (χ0n) is 11.6. The van der Waals surface area contributed by atoms with Gasteiger partial charge in [0.2, 0.25) is 5.91 Å². The van der Waals surface area contributed by atoms with Crippen LogP contribution < -0.4 is 5.32 Å². The number of amides is 1. The maximum Gasteiger partial charge on any atom is 0.224 e. The van der Waals surface area contributed by atoms with Gasteiger partial charge in [-0.15, -0.1) is 0 Å². The topological polar surface area (TPSA) is 69.6 Å². The Bertz CT molecular complexity index is 661. The predicted molar refractivity (Wildman–Crippen MR) is 81.2 cm³/mol. The van der Waals surface area contributed by atoms with Crippen molar-refractivity contribution in [3.8, 4) is 5.75 Å². The van der Waals surface area contributed by atoms with Gasteiger partial charge in [0, 0.05) is 6.54 Å². The fourth-order valence-corrected chi connectivity index (χ4v) is 2.03. The molecule has 0 aliphatic rings. The SMILES string of the molecule is O=C(Cc1ccc(O)cc1)NCC(O)c1ccc(Cl)c(F)c1. The summed E-state index contributed by atoms with van der Waals surface area (Å²) in [4.78, 5) is 11.8. The van der Waals surface area contributed by atoms with Crippen LogP contribution in [0.5, 0.6) is 5.75 Å². The molecular weight excluding hydrogens is 309 g/mol. The maximum atomic E-state index is 13.3. The minimum absolute atomic E-state index is 0.0210. The molecule has 1 unspecified atom stereocenters. The van der Waals surface area contributed by atoms with E-state index >= 15 is 0 Å². The molecule has 0 radical (unpaired) electrons. The maximum absolute atomic E-state index is 13.3. The minimum atomic E-state index is -1.02. The van der Waals surface area contributed by atoms with Crippen molar-refractivity contribution in [3.63, 3.8) is 0 Å². The lowest BCUT2D eigenvalue weighted by molar-refractivity contribution is -0.120. The number of hydrogen-bond acceptors (Lipinski definition) is 3. The molecule has 0 aliphatic heterocycles. The van der Waals surface area contributed by atoms with Crippen LogP contribution in [0.2, 0.25) is 5.02 Å². The average Bonchev–Trinajstić information content (AvgIpc) is 2.50. The number of hydrogen-bond donors (Lipinski definition) is 3. The van der Waals surface area contributed by atoms with E-state index in [1.165, 1.54) is 24.3 Å². The second kappa shape index (κ2) is 7.24. The molecule has 6 heteroatoms. The Morgan fingerprint density at radius 3 is 2.55 bits per heavy atom. The Kier molecular flexibility index (Phi) is 5.35. The first-order valence-corrected chi connectivity index (χ1v) is 7.01. The van der Waals surface area contributed by atoms with Gasteiger partial charge < -0.3 is 15.5 Å². The number of carbonyl (C=O) groups is 1. The molecule has 1 atom stereocenters. The number of aliphatic hydroxyl groups is 1. The van der Waals surface area contributed by atoms with Crippen molar-refractivity contribution in [2.24, 2.45) is 0 Å². The number of aliphatic hydroxyl groups excluding tert-OH is 1. The van der Waals surface area contributed by atoms with Crippen LogP contribution in [-0.2, 0) is 11.2 Å². The predicted octanol–water partition coefficient (Wildman–Crippen LogP) is 2.58. The summed E-state index contributed by atoms with van der Waals surface area (Å²) in [5.41, 5.74) is 1.08. The molecule has 0 saturated heterocycles. The third-order valence-corrected chi connectivity index (χ3v) is 3.43. The number of aromatic hydroxyl groups is 1. The quantitative estimate of drug-likeness (QED) is 0.792. The van der Waals surface area contributed by atoms with Gasteiger partial charge in [0.15, 0.2) is 0 Å². The molecule has 0 heterocycles. The van der Waals surface area contributed by atoms with E-state index in [4.69, 9.17) is 16.7 Å². The molecule has 116 valence electrons. The van der Waals surface area contributed by atoms with E-state index < -0.39 is 11.9 Å². The Morgan fingerprint density at radius 2 is 1.91 bits per heavy atom. The molecule has 0 fully saturated rings. The Labute approximate surface area is 132 Å². The van der Waals surface area contributed by atoms with E-state index in [0.717, 1.165) is 11.6 Å². The first-order valence-electron chi connectivity index (χ1n) is 6.63. The number of halogens is 2. The van der Waals surface area contributed by atoms with Gasteiger partial charge in [-0.05, 0) is 35.4 Å². The van der Waals surface area contributed by atoms with Crippen LogP contribution in [0.15, 0.2) is 42.5 Å². The van der Waals surface area contributed by atoms with Gasteiger partial charge in [0.1, 0.15) is 11.6 Å². The largest absolute Gasteiger partial charge is 0.508 e. The number of phenols is 1. The standard InChI is InChI=1S/C16H15ClFNO3/c17-13-6-3-11(8-14(13)18)15(21)9-19-16(22)7-10-1-4-12(20)5-2-10/h1-6,8,15,20-21H,7,9H2,(H,19,22). The van der Waals surface area contributed by atoms with Crippen LogP contribution in [0.4, 0.5) is 4.39 Å². The van der Waals surface area contributed by atoms with E-state index in [2.05, 4.69) is 5.32 Å². The zero-order chi connectivity index (χ0) is 16.1. The third kappa shape index (κ3) is 4.44. The average molecular weight is 324 g/mol. The van der Waals surface area contributed by atoms with Crippen molar-refractivity contribution in [1.29, 1.82) is 0 Å². The summed E-state index contributed by atoms with van der Waals surface area (Å²) in [5.74, 6) is -0.767. The van der Waals surface area contributed by atoms with Crippen molar-refractivity contribution in [3.05, 3.63) is 64.4 Å². The number of nitrogens with one attached hydrogen (secondary N) is 1. The summed E-state index contributed by atoms with van der Waals surface area (Å²) in [6.07, 6.45) is -0.891. The van der Waals surface area contributed by atoms with Crippen LogP contribution in [0.1, 0.15) is 17.2 Å². The molecule has 1 amide bonds. The third-order valence-electron chi connectivity index (χ3n) is 3.12. The lowest BCUT2D eigenvalue weighted by Crippen LogP contribution is -2.29. The lowest BCUT2D eigenvalue weighted by Gasteiger charge is -2.13. The lowest BCUT2D eigenvalue weighted by atomic mass is 10.1. The fourth-order valence-electron chi connectivity index (χ4n) is 1.91. The highest BCUT2D eigenvalue weighted by molar-refractivity contribution is 6.30. The van der Waals surface area contributed by atoms with Crippen molar-refractivity contribution in [2.45, 2.75) is 12.5 Å². The van der Waals surface area contributed by atoms with Gasteiger partial charge in [-0.1, -0.05) is 29.8 Å². The second-order valence-corrected chi connectivity index (χ2v) is 5.24. The molecule has 4 nitrogen and oxygen atoms in total. The normalized spacial score (nSPS) is 12.0. The van der Waals surface area contributed by atoms with Crippen molar-refractivity contribution < 1.29 is 19.4 Å². The highest BCUT2D eigenvalue weighted by atomic mass is 35.5. The van der Waals surface area contributed by atoms with Gasteiger partial charge in [0.25, 0.3) is 0 Å². The Hall–Kier alpha value is -2.11. The zero-order valence-corrected chi connectivity index (χ0v) is 12.3. The van der Waals surface area contributed by atoms with Gasteiger partial charge in [0.05, 0.1) is 17.5 Å². The van der Waals surface area contributed by atoms with E-state index in [1.807, 2.05) is 0 Å². The van der Waals surface area contributed by atoms with E-state index in [0.29, 0.717) is 5.56 Å². The molecule has 22 heavy (non-hydrogen) atoms. The van der Waals surface area contributed by atoms with Gasteiger partial charge >= 0.3 is 0 Å². The molecule has 3 N–H and O–H groups in total. The number of phenolic OH excluding ortho intramolecular Hbond substituents is 1. The van der Waals surface area contributed by atoms with Crippen LogP contribution in [-0.4, -0.2) is 22.7 Å². The highest BCUT2D eigenvalue weighted by Gasteiger charge is 2.12. The van der Waals surface area contributed by atoms with Crippen LogP contribution >= 0.6 is 11.6 Å².